The van der Waals surface area contributed by atoms with Crippen LogP contribution in [0.3, 0.4) is 0 Å². The van der Waals surface area contributed by atoms with Gasteiger partial charge < -0.3 is 5.73 Å². The molecule has 2 rings (SSSR count). The van der Waals surface area contributed by atoms with Crippen LogP contribution in [0.4, 0.5) is 13.2 Å². The molecule has 0 amide bonds. The summed E-state index contributed by atoms with van der Waals surface area (Å²) in [5, 5.41) is 1.75. The standard InChI is InChI=1S/C14H14F3N/c1-9-6-7-12(13(18)8-14(15,16)17)11-5-3-2-4-10(9)11/h2-7,13H,8,18H2,1H3. The maximum atomic E-state index is 12.4. The highest BCUT2D eigenvalue weighted by atomic mass is 19.4. The van der Waals surface area contributed by atoms with Crippen LogP contribution in [0.1, 0.15) is 23.6 Å². The Labute approximate surface area is 103 Å². The van der Waals surface area contributed by atoms with Crippen molar-refractivity contribution in [3.05, 3.63) is 47.5 Å². The molecule has 0 fully saturated rings. The SMILES string of the molecule is Cc1ccc(C(N)CC(F)(F)F)c2ccccc12. The van der Waals surface area contributed by atoms with Crippen molar-refractivity contribution in [1.29, 1.82) is 0 Å². The Morgan fingerprint density at radius 2 is 1.67 bits per heavy atom. The molecule has 1 unspecified atom stereocenters. The van der Waals surface area contributed by atoms with Crippen molar-refractivity contribution in [1.82, 2.24) is 0 Å². The Morgan fingerprint density at radius 3 is 2.28 bits per heavy atom. The largest absolute Gasteiger partial charge is 0.390 e. The molecule has 1 nitrogen and oxygen atoms in total. The smallest absolute Gasteiger partial charge is 0.324 e. The van der Waals surface area contributed by atoms with Gasteiger partial charge in [-0.2, -0.15) is 13.2 Å². The molecule has 96 valence electrons. The van der Waals surface area contributed by atoms with Gasteiger partial charge in [0, 0.05) is 6.04 Å². The van der Waals surface area contributed by atoms with Gasteiger partial charge in [0.15, 0.2) is 0 Å². The molecule has 18 heavy (non-hydrogen) atoms. The Bertz CT molecular complexity index is 560. The summed E-state index contributed by atoms with van der Waals surface area (Å²) in [5.41, 5.74) is 7.26. The molecule has 0 saturated carbocycles. The Morgan fingerprint density at radius 1 is 1.06 bits per heavy atom. The van der Waals surface area contributed by atoms with Crippen LogP contribution in [-0.2, 0) is 0 Å². The van der Waals surface area contributed by atoms with Gasteiger partial charge in [0.2, 0.25) is 0 Å². The molecule has 0 aliphatic rings. The van der Waals surface area contributed by atoms with Crippen molar-refractivity contribution in [3.8, 4) is 0 Å². The van der Waals surface area contributed by atoms with Gasteiger partial charge in [-0.15, -0.1) is 0 Å². The molecule has 2 N–H and O–H groups in total. The minimum absolute atomic E-state index is 0.550. The average Bonchev–Trinajstić information content (AvgIpc) is 2.27. The van der Waals surface area contributed by atoms with Gasteiger partial charge in [0.05, 0.1) is 6.42 Å². The van der Waals surface area contributed by atoms with E-state index in [2.05, 4.69) is 0 Å². The first-order valence-corrected chi connectivity index (χ1v) is 5.69. The van der Waals surface area contributed by atoms with Crippen molar-refractivity contribution in [2.24, 2.45) is 5.73 Å². The van der Waals surface area contributed by atoms with E-state index < -0.39 is 18.6 Å². The van der Waals surface area contributed by atoms with E-state index in [1.807, 2.05) is 37.3 Å². The van der Waals surface area contributed by atoms with Crippen molar-refractivity contribution in [2.45, 2.75) is 25.6 Å². The van der Waals surface area contributed by atoms with Crippen LogP contribution in [0, 0.1) is 6.92 Å². The second-order valence-electron chi connectivity index (χ2n) is 4.44. The normalized spacial score (nSPS) is 13.8. The maximum Gasteiger partial charge on any atom is 0.390 e. The van der Waals surface area contributed by atoms with E-state index in [0.29, 0.717) is 5.56 Å². The molecule has 0 aliphatic heterocycles. The zero-order valence-electron chi connectivity index (χ0n) is 9.96. The zero-order chi connectivity index (χ0) is 13.3. The summed E-state index contributed by atoms with van der Waals surface area (Å²) in [7, 11) is 0. The van der Waals surface area contributed by atoms with Gasteiger partial charge in [-0.1, -0.05) is 36.4 Å². The van der Waals surface area contributed by atoms with Crippen molar-refractivity contribution >= 4 is 10.8 Å². The highest BCUT2D eigenvalue weighted by molar-refractivity contribution is 5.88. The molecule has 2 aromatic rings. The summed E-state index contributed by atoms with van der Waals surface area (Å²) in [6.07, 6.45) is -5.24. The van der Waals surface area contributed by atoms with Crippen LogP contribution < -0.4 is 5.73 Å². The first kappa shape index (κ1) is 12.9. The number of halogens is 3. The molecule has 0 aliphatic carbocycles. The zero-order valence-corrected chi connectivity index (χ0v) is 9.96. The minimum Gasteiger partial charge on any atom is -0.324 e. The molecule has 2 aromatic carbocycles. The molecule has 0 bridgehead atoms. The van der Waals surface area contributed by atoms with E-state index in [0.717, 1.165) is 16.3 Å². The predicted molar refractivity (Wildman–Crippen MR) is 66.3 cm³/mol. The third kappa shape index (κ3) is 2.64. The van der Waals surface area contributed by atoms with Crippen LogP contribution in [0.5, 0.6) is 0 Å². The third-order valence-electron chi connectivity index (χ3n) is 3.03. The number of alkyl halides is 3. The average molecular weight is 253 g/mol. The topological polar surface area (TPSA) is 26.0 Å². The van der Waals surface area contributed by atoms with Gasteiger partial charge in [-0.3, -0.25) is 0 Å². The van der Waals surface area contributed by atoms with Crippen molar-refractivity contribution < 1.29 is 13.2 Å². The maximum absolute atomic E-state index is 12.4. The Kier molecular flexibility index (Phi) is 3.30. The number of hydrogen-bond donors (Lipinski definition) is 1. The number of rotatable bonds is 2. The van der Waals surface area contributed by atoms with Crippen LogP contribution in [0.2, 0.25) is 0 Å². The van der Waals surface area contributed by atoms with Crippen LogP contribution in [0.15, 0.2) is 36.4 Å². The lowest BCUT2D eigenvalue weighted by atomic mass is 9.95. The van der Waals surface area contributed by atoms with Crippen molar-refractivity contribution in [2.75, 3.05) is 0 Å². The molecule has 0 aromatic heterocycles. The number of nitrogens with two attached hydrogens (primary N) is 1. The summed E-state index contributed by atoms with van der Waals surface area (Å²) in [6, 6.07) is 9.88. The van der Waals surface area contributed by atoms with E-state index >= 15 is 0 Å². The van der Waals surface area contributed by atoms with Gasteiger partial charge in [0.1, 0.15) is 0 Å². The van der Waals surface area contributed by atoms with Gasteiger partial charge >= 0.3 is 6.18 Å². The van der Waals surface area contributed by atoms with Gasteiger partial charge in [-0.05, 0) is 28.8 Å². The molecule has 0 spiro atoms. The molecular weight excluding hydrogens is 239 g/mol. The fourth-order valence-electron chi connectivity index (χ4n) is 2.16. The predicted octanol–water partition coefficient (Wildman–Crippen LogP) is 4.10. The number of fused-ring (bicyclic) bond motifs is 1. The van der Waals surface area contributed by atoms with Gasteiger partial charge in [-0.25, -0.2) is 0 Å². The lowest BCUT2D eigenvalue weighted by Gasteiger charge is -2.17. The van der Waals surface area contributed by atoms with E-state index in [1.54, 1.807) is 6.07 Å². The lowest BCUT2D eigenvalue weighted by molar-refractivity contribution is -0.138. The lowest BCUT2D eigenvalue weighted by Crippen LogP contribution is -2.20. The highest BCUT2D eigenvalue weighted by Crippen LogP contribution is 2.32. The molecule has 1 atom stereocenters. The van der Waals surface area contributed by atoms with Crippen LogP contribution >= 0.6 is 0 Å². The Hall–Kier alpha value is -1.55. The van der Waals surface area contributed by atoms with Crippen LogP contribution in [-0.4, -0.2) is 6.18 Å². The molecule has 0 heterocycles. The first-order chi connectivity index (χ1) is 8.38. The van der Waals surface area contributed by atoms with Gasteiger partial charge in [0.25, 0.3) is 0 Å². The van der Waals surface area contributed by atoms with E-state index in [4.69, 9.17) is 5.73 Å². The fourth-order valence-corrected chi connectivity index (χ4v) is 2.16. The summed E-state index contributed by atoms with van der Waals surface area (Å²) >= 11 is 0. The number of hydrogen-bond acceptors (Lipinski definition) is 1. The number of benzene rings is 2. The second-order valence-corrected chi connectivity index (χ2v) is 4.44. The number of aryl methyl sites for hydroxylation is 1. The van der Waals surface area contributed by atoms with E-state index in [1.165, 1.54) is 0 Å². The molecule has 0 radical (unpaired) electrons. The second kappa shape index (κ2) is 4.61. The Balaban J connectivity index is 2.49. The van der Waals surface area contributed by atoms with Crippen molar-refractivity contribution in [3.63, 3.8) is 0 Å². The fraction of sp³-hybridized carbons (Fsp3) is 0.286. The minimum atomic E-state index is -4.24. The summed E-state index contributed by atoms with van der Waals surface area (Å²) in [5.74, 6) is 0. The molecular formula is C14H14F3N. The first-order valence-electron chi connectivity index (χ1n) is 5.69. The van der Waals surface area contributed by atoms with E-state index in [9.17, 15) is 13.2 Å². The van der Waals surface area contributed by atoms with E-state index in [-0.39, 0.29) is 0 Å². The monoisotopic (exact) mass is 253 g/mol. The summed E-state index contributed by atoms with van der Waals surface area (Å²) in [4.78, 5) is 0. The summed E-state index contributed by atoms with van der Waals surface area (Å²) < 4.78 is 37.2. The van der Waals surface area contributed by atoms with Crippen LogP contribution in [0.25, 0.3) is 10.8 Å². The quantitative estimate of drug-likeness (QED) is 0.856. The highest BCUT2D eigenvalue weighted by Gasteiger charge is 2.31. The summed E-state index contributed by atoms with van der Waals surface area (Å²) in [6.45, 7) is 1.93. The molecule has 4 heteroatoms. The molecule has 0 saturated heterocycles. The third-order valence-corrected chi connectivity index (χ3v) is 3.03.